The lowest BCUT2D eigenvalue weighted by atomic mass is 10.00. The summed E-state index contributed by atoms with van der Waals surface area (Å²) in [5.41, 5.74) is 5.34. The molecule has 2 rings (SSSR count). The van der Waals surface area contributed by atoms with E-state index in [2.05, 4.69) is 73.2 Å². The minimum atomic E-state index is 0.295. The molecule has 0 aliphatic rings. The summed E-state index contributed by atoms with van der Waals surface area (Å²) in [6.07, 6.45) is 1.15. The number of rotatable bonds is 5. The van der Waals surface area contributed by atoms with Gasteiger partial charge in [0.1, 0.15) is 0 Å². The standard InChI is InChI=1S/C17H22BrNS/c1-5-6-19-16(15-10-13(4)17(18)20-15)14-8-11(2)7-12(3)9-14/h7-10,16,19H,5-6H2,1-4H3. The van der Waals surface area contributed by atoms with Gasteiger partial charge in [-0.1, -0.05) is 36.2 Å². The van der Waals surface area contributed by atoms with E-state index in [9.17, 15) is 0 Å². The van der Waals surface area contributed by atoms with Crippen molar-refractivity contribution in [3.8, 4) is 0 Å². The fourth-order valence-corrected chi connectivity index (χ4v) is 4.15. The second-order valence-corrected chi connectivity index (χ2v) is 7.82. The van der Waals surface area contributed by atoms with Crippen LogP contribution in [0.25, 0.3) is 0 Å². The Morgan fingerprint density at radius 2 is 1.75 bits per heavy atom. The monoisotopic (exact) mass is 351 g/mol. The minimum Gasteiger partial charge on any atom is -0.306 e. The Bertz CT molecular complexity index is 549. The summed E-state index contributed by atoms with van der Waals surface area (Å²) in [7, 11) is 0. The zero-order chi connectivity index (χ0) is 14.7. The first kappa shape index (κ1) is 15.7. The van der Waals surface area contributed by atoms with Crippen LogP contribution in [0.2, 0.25) is 0 Å². The van der Waals surface area contributed by atoms with E-state index in [1.54, 1.807) is 0 Å². The van der Waals surface area contributed by atoms with Crippen LogP contribution in [0.4, 0.5) is 0 Å². The van der Waals surface area contributed by atoms with Gasteiger partial charge in [0.25, 0.3) is 0 Å². The van der Waals surface area contributed by atoms with Crippen LogP contribution < -0.4 is 5.32 Å². The molecule has 2 aromatic rings. The first-order valence-corrected chi connectivity index (χ1v) is 8.69. The largest absolute Gasteiger partial charge is 0.306 e. The van der Waals surface area contributed by atoms with Crippen molar-refractivity contribution in [2.45, 2.75) is 40.2 Å². The first-order valence-electron chi connectivity index (χ1n) is 7.08. The van der Waals surface area contributed by atoms with Gasteiger partial charge >= 0.3 is 0 Å². The zero-order valence-corrected chi connectivity index (χ0v) is 15.0. The topological polar surface area (TPSA) is 12.0 Å². The molecule has 108 valence electrons. The van der Waals surface area contributed by atoms with Crippen LogP contribution in [0.1, 0.15) is 46.5 Å². The van der Waals surface area contributed by atoms with Gasteiger partial charge in [0.15, 0.2) is 0 Å². The molecule has 0 radical (unpaired) electrons. The van der Waals surface area contributed by atoms with Gasteiger partial charge in [-0.25, -0.2) is 0 Å². The van der Waals surface area contributed by atoms with Crippen molar-refractivity contribution in [1.82, 2.24) is 5.32 Å². The number of hydrogen-bond acceptors (Lipinski definition) is 2. The Balaban J connectivity index is 2.40. The highest BCUT2D eigenvalue weighted by Gasteiger charge is 2.17. The lowest BCUT2D eigenvalue weighted by Crippen LogP contribution is -2.22. The quantitative estimate of drug-likeness (QED) is 0.747. The molecular weight excluding hydrogens is 330 g/mol. The van der Waals surface area contributed by atoms with E-state index >= 15 is 0 Å². The van der Waals surface area contributed by atoms with Crippen molar-refractivity contribution in [3.05, 3.63) is 55.2 Å². The molecular formula is C17H22BrNS. The summed E-state index contributed by atoms with van der Waals surface area (Å²) in [5.74, 6) is 0. The van der Waals surface area contributed by atoms with Crippen LogP contribution in [0.3, 0.4) is 0 Å². The van der Waals surface area contributed by atoms with Gasteiger partial charge in [0.05, 0.1) is 9.83 Å². The first-order chi connectivity index (χ1) is 9.51. The van der Waals surface area contributed by atoms with Crippen LogP contribution in [-0.2, 0) is 0 Å². The lowest BCUT2D eigenvalue weighted by Gasteiger charge is -2.19. The van der Waals surface area contributed by atoms with E-state index < -0.39 is 0 Å². The summed E-state index contributed by atoms with van der Waals surface area (Å²) in [6.45, 7) is 9.74. The van der Waals surface area contributed by atoms with Crippen molar-refractivity contribution in [2.24, 2.45) is 0 Å². The van der Waals surface area contributed by atoms with Crippen molar-refractivity contribution in [1.29, 1.82) is 0 Å². The van der Waals surface area contributed by atoms with Gasteiger partial charge < -0.3 is 5.32 Å². The van der Waals surface area contributed by atoms with E-state index in [0.717, 1.165) is 13.0 Å². The fraction of sp³-hybridized carbons (Fsp3) is 0.412. The van der Waals surface area contributed by atoms with Crippen LogP contribution in [-0.4, -0.2) is 6.54 Å². The maximum absolute atomic E-state index is 3.69. The summed E-state index contributed by atoms with van der Waals surface area (Å²) >= 11 is 5.48. The smallest absolute Gasteiger partial charge is 0.0731 e. The van der Waals surface area contributed by atoms with E-state index in [1.807, 2.05) is 11.3 Å². The molecule has 1 heterocycles. The van der Waals surface area contributed by atoms with Gasteiger partial charge in [0.2, 0.25) is 0 Å². The van der Waals surface area contributed by atoms with E-state index in [1.165, 1.54) is 30.9 Å². The van der Waals surface area contributed by atoms with Gasteiger partial charge in [-0.05, 0) is 66.9 Å². The Kier molecular flexibility index (Phi) is 5.42. The molecule has 0 saturated heterocycles. The summed E-state index contributed by atoms with van der Waals surface area (Å²) < 4.78 is 1.24. The SMILES string of the molecule is CCCNC(c1cc(C)cc(C)c1)c1cc(C)c(Br)s1. The number of halogens is 1. The van der Waals surface area contributed by atoms with Gasteiger partial charge in [-0.2, -0.15) is 0 Å². The van der Waals surface area contributed by atoms with Gasteiger partial charge in [0, 0.05) is 4.88 Å². The average molecular weight is 352 g/mol. The molecule has 0 bridgehead atoms. The van der Waals surface area contributed by atoms with E-state index in [4.69, 9.17) is 0 Å². The number of nitrogens with one attached hydrogen (secondary N) is 1. The maximum atomic E-state index is 3.69. The van der Waals surface area contributed by atoms with Gasteiger partial charge in [-0.15, -0.1) is 11.3 Å². The number of thiophene rings is 1. The molecule has 0 amide bonds. The fourth-order valence-electron chi connectivity index (χ4n) is 2.47. The molecule has 1 atom stereocenters. The molecule has 0 aliphatic carbocycles. The highest BCUT2D eigenvalue weighted by Crippen LogP contribution is 2.34. The predicted molar refractivity (Wildman–Crippen MR) is 92.8 cm³/mol. The number of benzene rings is 1. The molecule has 1 aromatic carbocycles. The van der Waals surface area contributed by atoms with Gasteiger partial charge in [-0.3, -0.25) is 0 Å². The maximum Gasteiger partial charge on any atom is 0.0731 e. The summed E-state index contributed by atoms with van der Waals surface area (Å²) in [6, 6.07) is 9.41. The van der Waals surface area contributed by atoms with Crippen LogP contribution >= 0.6 is 27.3 Å². The number of hydrogen-bond donors (Lipinski definition) is 1. The molecule has 3 heteroatoms. The Labute approximate surface area is 134 Å². The Morgan fingerprint density at radius 3 is 2.25 bits per heavy atom. The van der Waals surface area contributed by atoms with Crippen molar-refractivity contribution in [2.75, 3.05) is 6.54 Å². The summed E-state index contributed by atoms with van der Waals surface area (Å²) in [5, 5.41) is 3.69. The minimum absolute atomic E-state index is 0.295. The molecule has 1 unspecified atom stereocenters. The lowest BCUT2D eigenvalue weighted by molar-refractivity contribution is 0.605. The summed E-state index contributed by atoms with van der Waals surface area (Å²) in [4.78, 5) is 1.38. The molecule has 0 aliphatic heterocycles. The van der Waals surface area contributed by atoms with Crippen molar-refractivity contribution >= 4 is 27.3 Å². The highest BCUT2D eigenvalue weighted by molar-refractivity contribution is 9.11. The Hall–Kier alpha value is -0.640. The average Bonchev–Trinajstić information content (AvgIpc) is 2.69. The molecule has 0 spiro atoms. The van der Waals surface area contributed by atoms with Crippen LogP contribution in [0.5, 0.6) is 0 Å². The van der Waals surface area contributed by atoms with Crippen LogP contribution in [0, 0.1) is 20.8 Å². The molecule has 20 heavy (non-hydrogen) atoms. The molecule has 1 aromatic heterocycles. The second-order valence-electron chi connectivity index (χ2n) is 5.41. The second kappa shape index (κ2) is 6.88. The third-order valence-corrected chi connectivity index (χ3v) is 5.54. The van der Waals surface area contributed by atoms with Crippen molar-refractivity contribution < 1.29 is 0 Å². The normalized spacial score (nSPS) is 12.7. The molecule has 0 saturated carbocycles. The molecule has 0 fully saturated rings. The molecule has 1 N–H and O–H groups in total. The molecule has 1 nitrogen and oxygen atoms in total. The number of aryl methyl sites for hydroxylation is 3. The Morgan fingerprint density at radius 1 is 1.10 bits per heavy atom. The third kappa shape index (κ3) is 3.72. The highest BCUT2D eigenvalue weighted by atomic mass is 79.9. The third-order valence-electron chi connectivity index (χ3n) is 3.34. The predicted octanol–water partition coefficient (Wildman–Crippen LogP) is 5.52. The van der Waals surface area contributed by atoms with Crippen LogP contribution in [0.15, 0.2) is 28.1 Å². The van der Waals surface area contributed by atoms with E-state index in [0.29, 0.717) is 6.04 Å². The van der Waals surface area contributed by atoms with Crippen molar-refractivity contribution in [3.63, 3.8) is 0 Å². The zero-order valence-electron chi connectivity index (χ0n) is 12.6. The van der Waals surface area contributed by atoms with E-state index in [-0.39, 0.29) is 0 Å².